The van der Waals surface area contributed by atoms with Crippen molar-refractivity contribution in [2.24, 2.45) is 5.92 Å². The van der Waals surface area contributed by atoms with Gasteiger partial charge in [-0.3, -0.25) is 0 Å². The zero-order valence-corrected chi connectivity index (χ0v) is 11.7. The van der Waals surface area contributed by atoms with E-state index < -0.39 is 9.84 Å². The second-order valence-electron chi connectivity index (χ2n) is 4.63. The number of hydrogen-bond donors (Lipinski definition) is 1. The van der Waals surface area contributed by atoms with Crippen LogP contribution < -0.4 is 5.73 Å². The van der Waals surface area contributed by atoms with Crippen LogP contribution in [0.5, 0.6) is 0 Å². The van der Waals surface area contributed by atoms with Crippen LogP contribution in [0.4, 0.5) is 5.69 Å². The molecule has 0 atom stereocenters. The van der Waals surface area contributed by atoms with E-state index in [1.165, 1.54) is 0 Å². The number of rotatable bonds is 5. The minimum atomic E-state index is -3.11. The average molecular weight is 276 g/mol. The summed E-state index contributed by atoms with van der Waals surface area (Å²) in [6.45, 7) is 4.01. The highest BCUT2D eigenvalue weighted by atomic mass is 35.5. The molecule has 1 aromatic carbocycles. The molecule has 0 spiro atoms. The maximum atomic E-state index is 11.9. The Morgan fingerprint density at radius 3 is 2.59 bits per heavy atom. The number of nitrogen functional groups attached to an aromatic ring is 1. The first-order chi connectivity index (χ1) is 7.80. The molecular weight excluding hydrogens is 258 g/mol. The second kappa shape index (κ2) is 5.74. The van der Waals surface area contributed by atoms with E-state index in [0.717, 1.165) is 0 Å². The van der Waals surface area contributed by atoms with Gasteiger partial charge in [0.05, 0.1) is 11.5 Å². The Balaban J connectivity index is 2.79. The van der Waals surface area contributed by atoms with Gasteiger partial charge in [0.2, 0.25) is 0 Å². The first kappa shape index (κ1) is 14.3. The highest BCUT2D eigenvalue weighted by Crippen LogP contribution is 2.21. The highest BCUT2D eigenvalue weighted by molar-refractivity contribution is 7.90. The van der Waals surface area contributed by atoms with Crippen LogP contribution in [0, 0.1) is 5.92 Å². The molecule has 1 rings (SSSR count). The van der Waals surface area contributed by atoms with Gasteiger partial charge in [-0.1, -0.05) is 25.4 Å². The van der Waals surface area contributed by atoms with Gasteiger partial charge in [0, 0.05) is 10.7 Å². The molecule has 0 fully saturated rings. The minimum Gasteiger partial charge on any atom is -0.399 e. The lowest BCUT2D eigenvalue weighted by molar-refractivity contribution is 0.573. The molecule has 0 amide bonds. The lowest BCUT2D eigenvalue weighted by Gasteiger charge is -2.08. The molecule has 0 aromatic heterocycles. The summed E-state index contributed by atoms with van der Waals surface area (Å²) >= 11 is 5.94. The first-order valence-electron chi connectivity index (χ1n) is 5.54. The van der Waals surface area contributed by atoms with Crippen molar-refractivity contribution in [1.82, 2.24) is 0 Å². The van der Waals surface area contributed by atoms with Gasteiger partial charge in [0.1, 0.15) is 0 Å². The molecule has 0 bridgehead atoms. The van der Waals surface area contributed by atoms with Gasteiger partial charge < -0.3 is 5.73 Å². The SMILES string of the molecule is CC(C)CCS(=O)(=O)Cc1cc(N)ccc1Cl. The maximum absolute atomic E-state index is 11.9. The van der Waals surface area contributed by atoms with Crippen LogP contribution in [0.2, 0.25) is 5.02 Å². The molecule has 1 aromatic rings. The van der Waals surface area contributed by atoms with Gasteiger partial charge >= 0.3 is 0 Å². The van der Waals surface area contributed by atoms with Crippen molar-refractivity contribution in [2.45, 2.75) is 26.0 Å². The van der Waals surface area contributed by atoms with Crippen molar-refractivity contribution in [2.75, 3.05) is 11.5 Å². The zero-order chi connectivity index (χ0) is 13.1. The number of halogens is 1. The van der Waals surface area contributed by atoms with E-state index in [2.05, 4.69) is 0 Å². The smallest absolute Gasteiger partial charge is 0.154 e. The van der Waals surface area contributed by atoms with E-state index in [1.807, 2.05) is 13.8 Å². The van der Waals surface area contributed by atoms with E-state index in [1.54, 1.807) is 18.2 Å². The second-order valence-corrected chi connectivity index (χ2v) is 7.22. The first-order valence-corrected chi connectivity index (χ1v) is 7.74. The molecule has 17 heavy (non-hydrogen) atoms. The highest BCUT2D eigenvalue weighted by Gasteiger charge is 2.15. The topological polar surface area (TPSA) is 60.2 Å². The summed E-state index contributed by atoms with van der Waals surface area (Å²) in [5.74, 6) is 0.528. The monoisotopic (exact) mass is 275 g/mol. The molecule has 0 saturated heterocycles. The van der Waals surface area contributed by atoms with Crippen LogP contribution in [0.3, 0.4) is 0 Å². The van der Waals surface area contributed by atoms with Crippen LogP contribution in [0.25, 0.3) is 0 Å². The Morgan fingerprint density at radius 1 is 1.35 bits per heavy atom. The quantitative estimate of drug-likeness (QED) is 0.841. The Labute approximate surface area is 108 Å². The summed E-state index contributed by atoms with van der Waals surface area (Å²) in [7, 11) is -3.11. The van der Waals surface area contributed by atoms with E-state index >= 15 is 0 Å². The van der Waals surface area contributed by atoms with E-state index in [9.17, 15) is 8.42 Å². The average Bonchev–Trinajstić information content (AvgIpc) is 2.20. The lowest BCUT2D eigenvalue weighted by Crippen LogP contribution is -2.11. The molecule has 0 heterocycles. The van der Waals surface area contributed by atoms with E-state index in [4.69, 9.17) is 17.3 Å². The van der Waals surface area contributed by atoms with Crippen LogP contribution >= 0.6 is 11.6 Å². The molecule has 2 N–H and O–H groups in total. The third kappa shape index (κ3) is 4.96. The number of benzene rings is 1. The molecule has 5 heteroatoms. The largest absolute Gasteiger partial charge is 0.399 e. The Bertz CT molecular complexity index is 483. The standard InChI is InChI=1S/C12H18ClNO2S/c1-9(2)5-6-17(15,16)8-10-7-11(14)3-4-12(10)13/h3-4,7,9H,5-6,8,14H2,1-2H3. The van der Waals surface area contributed by atoms with Gasteiger partial charge in [-0.05, 0) is 36.1 Å². The van der Waals surface area contributed by atoms with Crippen molar-refractivity contribution in [3.8, 4) is 0 Å². The van der Waals surface area contributed by atoms with Crippen molar-refractivity contribution in [3.63, 3.8) is 0 Å². The molecule has 0 unspecified atom stereocenters. The summed E-state index contributed by atoms with van der Waals surface area (Å²) < 4.78 is 23.7. The molecule has 0 aliphatic rings. The van der Waals surface area contributed by atoms with Gasteiger partial charge in [-0.25, -0.2) is 8.42 Å². The maximum Gasteiger partial charge on any atom is 0.154 e. The molecule has 0 aliphatic carbocycles. The number of nitrogens with two attached hydrogens (primary N) is 1. The summed E-state index contributed by atoms with van der Waals surface area (Å²) in [5.41, 5.74) is 6.73. The molecule has 0 radical (unpaired) electrons. The lowest BCUT2D eigenvalue weighted by atomic mass is 10.2. The summed E-state index contributed by atoms with van der Waals surface area (Å²) in [6.07, 6.45) is 0.669. The van der Waals surface area contributed by atoms with Gasteiger partial charge in [0.25, 0.3) is 0 Å². The Kier molecular flexibility index (Phi) is 4.83. The van der Waals surface area contributed by atoms with Crippen molar-refractivity contribution >= 4 is 27.1 Å². The number of anilines is 1. The molecule has 0 saturated carbocycles. The minimum absolute atomic E-state index is 0.0381. The summed E-state index contributed by atoms with van der Waals surface area (Å²) in [5, 5.41) is 0.451. The number of hydrogen-bond acceptors (Lipinski definition) is 3. The third-order valence-corrected chi connectivity index (χ3v) is 4.43. The predicted octanol–water partition coefficient (Wildman–Crippen LogP) is 2.88. The molecular formula is C12H18ClNO2S. The molecule has 96 valence electrons. The fraction of sp³-hybridized carbons (Fsp3) is 0.500. The van der Waals surface area contributed by atoms with E-state index in [0.29, 0.717) is 28.6 Å². The molecule has 0 aliphatic heterocycles. The fourth-order valence-electron chi connectivity index (χ4n) is 1.43. The van der Waals surface area contributed by atoms with Crippen LogP contribution in [0.15, 0.2) is 18.2 Å². The third-order valence-electron chi connectivity index (χ3n) is 2.45. The zero-order valence-electron chi connectivity index (χ0n) is 10.1. The van der Waals surface area contributed by atoms with Crippen molar-refractivity contribution < 1.29 is 8.42 Å². The normalized spacial score (nSPS) is 12.0. The summed E-state index contributed by atoms with van der Waals surface area (Å²) in [4.78, 5) is 0. The van der Waals surface area contributed by atoms with Crippen molar-refractivity contribution in [3.05, 3.63) is 28.8 Å². The van der Waals surface area contributed by atoms with E-state index in [-0.39, 0.29) is 11.5 Å². The Hall–Kier alpha value is -0.740. The van der Waals surface area contributed by atoms with Crippen molar-refractivity contribution in [1.29, 1.82) is 0 Å². The molecule has 3 nitrogen and oxygen atoms in total. The number of sulfone groups is 1. The van der Waals surface area contributed by atoms with Gasteiger partial charge in [-0.15, -0.1) is 0 Å². The summed E-state index contributed by atoms with van der Waals surface area (Å²) in [6, 6.07) is 4.91. The Morgan fingerprint density at radius 2 is 2.00 bits per heavy atom. The van der Waals surface area contributed by atoms with Crippen LogP contribution in [0.1, 0.15) is 25.8 Å². The van der Waals surface area contributed by atoms with Crippen LogP contribution in [-0.4, -0.2) is 14.2 Å². The van der Waals surface area contributed by atoms with Crippen LogP contribution in [-0.2, 0) is 15.6 Å². The fourth-order valence-corrected chi connectivity index (χ4v) is 3.38. The van der Waals surface area contributed by atoms with Gasteiger partial charge in [-0.2, -0.15) is 0 Å². The predicted molar refractivity (Wildman–Crippen MR) is 72.8 cm³/mol. The van der Waals surface area contributed by atoms with Gasteiger partial charge in [0.15, 0.2) is 9.84 Å².